The molecule has 0 saturated heterocycles. The molecule has 1 heterocycles. The summed E-state index contributed by atoms with van der Waals surface area (Å²) in [6, 6.07) is 16.6. The number of H-pyrrole nitrogens is 1. The molecule has 0 bridgehead atoms. The van der Waals surface area contributed by atoms with Gasteiger partial charge in [0.1, 0.15) is 5.69 Å². The molecule has 0 aliphatic heterocycles. The highest BCUT2D eigenvalue weighted by Gasteiger charge is 2.24. The number of nitrogens with one attached hydrogen (secondary N) is 2. The largest absolute Gasteiger partial charge is 0.493 e. The molecule has 0 fully saturated rings. The number of hydrogen-bond donors (Lipinski definition) is 2. The fraction of sp³-hybridized carbons (Fsp3) is 0.0938. The summed E-state index contributed by atoms with van der Waals surface area (Å²) in [4.78, 5) is 29.9. The monoisotopic (exact) mass is 807 g/mol. The number of hydrazone groups is 1. The number of carbonyl (C=O) groups is 2. The van der Waals surface area contributed by atoms with Gasteiger partial charge >= 0.3 is 5.97 Å². The normalized spacial score (nSPS) is 11.1. The van der Waals surface area contributed by atoms with Gasteiger partial charge < -0.3 is 23.9 Å². The first kappa shape index (κ1) is 33.6. The van der Waals surface area contributed by atoms with E-state index >= 15 is 0 Å². The van der Waals surface area contributed by atoms with Crippen molar-refractivity contribution in [3.63, 3.8) is 0 Å². The van der Waals surface area contributed by atoms with Crippen LogP contribution < -0.4 is 24.4 Å². The van der Waals surface area contributed by atoms with Crippen LogP contribution >= 0.6 is 66.7 Å². The Balaban J connectivity index is 1.47. The maximum atomic E-state index is 13.5. The quantitative estimate of drug-likeness (QED) is 0.0665. The summed E-state index contributed by atoms with van der Waals surface area (Å²) < 4.78 is 22.9. The van der Waals surface area contributed by atoms with Crippen LogP contribution in [0.1, 0.15) is 26.4 Å². The van der Waals surface area contributed by atoms with Gasteiger partial charge in [-0.2, -0.15) is 5.10 Å². The van der Waals surface area contributed by atoms with Crippen LogP contribution in [0.2, 0.25) is 15.1 Å². The van der Waals surface area contributed by atoms with Gasteiger partial charge in [-0.25, -0.2) is 10.2 Å². The van der Waals surface area contributed by atoms with Gasteiger partial charge in [-0.3, -0.25) is 4.79 Å². The molecule has 1 amide bonds. The number of benzene rings is 4. The Hall–Kier alpha value is -3.74. The summed E-state index contributed by atoms with van der Waals surface area (Å²) in [5.74, 6) is -0.259. The molecular formula is C32H22Br2Cl3N3O6. The van der Waals surface area contributed by atoms with Gasteiger partial charge in [0.2, 0.25) is 5.75 Å². The van der Waals surface area contributed by atoms with Crippen LogP contribution in [0.3, 0.4) is 0 Å². The highest BCUT2D eigenvalue weighted by Crippen LogP contribution is 2.42. The van der Waals surface area contributed by atoms with E-state index in [1.807, 2.05) is 0 Å². The van der Waals surface area contributed by atoms with E-state index in [1.54, 1.807) is 48.5 Å². The summed E-state index contributed by atoms with van der Waals surface area (Å²) in [5.41, 5.74) is 4.81. The molecule has 1 aromatic heterocycles. The molecule has 46 heavy (non-hydrogen) atoms. The van der Waals surface area contributed by atoms with E-state index in [1.165, 1.54) is 39.7 Å². The van der Waals surface area contributed by atoms with E-state index in [-0.39, 0.29) is 28.5 Å². The summed E-state index contributed by atoms with van der Waals surface area (Å²) in [7, 11) is 4.34. The molecule has 0 aliphatic rings. The Morgan fingerprint density at radius 1 is 0.870 bits per heavy atom. The van der Waals surface area contributed by atoms with Crippen molar-refractivity contribution in [2.24, 2.45) is 5.10 Å². The lowest BCUT2D eigenvalue weighted by atomic mass is 10.0. The number of ether oxygens (including phenoxy) is 4. The van der Waals surface area contributed by atoms with Crippen molar-refractivity contribution in [2.45, 2.75) is 0 Å². The van der Waals surface area contributed by atoms with Crippen molar-refractivity contribution in [2.75, 3.05) is 21.3 Å². The molecule has 2 N–H and O–H groups in total. The fourth-order valence-corrected chi connectivity index (χ4v) is 6.86. The number of rotatable bonds is 9. The van der Waals surface area contributed by atoms with Gasteiger partial charge in [0, 0.05) is 42.1 Å². The van der Waals surface area contributed by atoms with Gasteiger partial charge in [-0.1, -0.05) is 68.9 Å². The molecular weight excluding hydrogens is 789 g/mol. The minimum Gasteiger partial charge on any atom is -0.493 e. The second kappa shape index (κ2) is 14.4. The van der Waals surface area contributed by atoms with Crippen molar-refractivity contribution >= 4 is 95.7 Å². The maximum absolute atomic E-state index is 13.5. The Labute approximate surface area is 295 Å². The van der Waals surface area contributed by atoms with E-state index in [9.17, 15) is 9.59 Å². The number of hydrogen-bond acceptors (Lipinski definition) is 7. The summed E-state index contributed by atoms with van der Waals surface area (Å²) >= 11 is 26.2. The van der Waals surface area contributed by atoms with Crippen molar-refractivity contribution in [3.8, 4) is 34.1 Å². The van der Waals surface area contributed by atoms with Gasteiger partial charge in [0.15, 0.2) is 17.2 Å². The molecule has 14 heteroatoms. The average Bonchev–Trinajstić information content (AvgIpc) is 3.41. The Bertz CT molecular complexity index is 2010. The zero-order valence-corrected chi connectivity index (χ0v) is 29.6. The summed E-state index contributed by atoms with van der Waals surface area (Å²) in [6.45, 7) is 0. The third-order valence-corrected chi connectivity index (χ3v) is 8.58. The zero-order valence-electron chi connectivity index (χ0n) is 24.1. The lowest BCUT2D eigenvalue weighted by Gasteiger charge is -2.15. The minimum absolute atomic E-state index is 0.142. The second-order valence-electron chi connectivity index (χ2n) is 9.47. The van der Waals surface area contributed by atoms with Gasteiger partial charge in [0.05, 0.1) is 42.6 Å². The van der Waals surface area contributed by atoms with E-state index in [4.69, 9.17) is 53.8 Å². The Kier molecular flexibility index (Phi) is 10.5. The number of fused-ring (bicyclic) bond motifs is 1. The van der Waals surface area contributed by atoms with Crippen LogP contribution in [-0.2, 0) is 0 Å². The predicted octanol–water partition coefficient (Wildman–Crippen LogP) is 9.33. The zero-order chi connectivity index (χ0) is 33.1. The van der Waals surface area contributed by atoms with Gasteiger partial charge in [0.25, 0.3) is 5.91 Å². The molecule has 0 spiro atoms. The van der Waals surface area contributed by atoms with Crippen LogP contribution in [-0.4, -0.2) is 44.4 Å². The molecule has 0 saturated carbocycles. The SMILES string of the molecule is COc1cc(C(=O)Oc2c(Br)cc(Br)cc2C=NNC(=O)c2[nH]c3cc(Cl)cc(Cl)c3c2-c2ccccc2Cl)cc(OC)c1OC. The highest BCUT2D eigenvalue weighted by molar-refractivity contribution is 9.11. The van der Waals surface area contributed by atoms with Gasteiger partial charge in [-0.05, 0) is 58.4 Å². The first-order valence-electron chi connectivity index (χ1n) is 13.2. The van der Waals surface area contributed by atoms with Gasteiger partial charge in [-0.15, -0.1) is 0 Å². The highest BCUT2D eigenvalue weighted by atomic mass is 79.9. The summed E-state index contributed by atoms with van der Waals surface area (Å²) in [5, 5.41) is 5.89. The Morgan fingerprint density at radius 3 is 2.22 bits per heavy atom. The van der Waals surface area contributed by atoms with E-state index in [2.05, 4.69) is 47.4 Å². The lowest BCUT2D eigenvalue weighted by Crippen LogP contribution is -2.19. The molecule has 5 aromatic rings. The third kappa shape index (κ3) is 6.84. The number of esters is 1. The first-order valence-corrected chi connectivity index (χ1v) is 15.9. The number of amides is 1. The standard InChI is InChI=1S/C32H22Br2Cl3N3O6/c1-43-24-9-15(10-25(44-2)30(24)45-3)32(42)46-29-16(8-17(33)11-20(29)34)14-38-40-31(41)28-26(19-6-4-5-7-21(19)36)27-22(37)12-18(35)13-23(27)39-28/h4-14,39H,1-3H3,(H,40,41). The lowest BCUT2D eigenvalue weighted by molar-refractivity contribution is 0.0732. The number of aromatic amines is 1. The fourth-order valence-electron chi connectivity index (χ4n) is 4.70. The smallest absolute Gasteiger partial charge is 0.343 e. The van der Waals surface area contributed by atoms with Crippen LogP contribution in [0.4, 0.5) is 0 Å². The third-order valence-electron chi connectivity index (χ3n) is 6.69. The van der Waals surface area contributed by atoms with Crippen LogP contribution in [0.5, 0.6) is 23.0 Å². The topological polar surface area (TPSA) is 111 Å². The van der Waals surface area contributed by atoms with Crippen molar-refractivity contribution < 1.29 is 28.5 Å². The number of aromatic nitrogens is 1. The second-order valence-corrected chi connectivity index (χ2v) is 12.5. The molecule has 0 radical (unpaired) electrons. The number of nitrogens with zero attached hydrogens (tertiary/aromatic N) is 1. The van der Waals surface area contributed by atoms with Crippen LogP contribution in [0, 0.1) is 0 Å². The molecule has 5 rings (SSSR count). The Morgan fingerprint density at radius 2 is 1.57 bits per heavy atom. The van der Waals surface area contributed by atoms with E-state index < -0.39 is 11.9 Å². The predicted molar refractivity (Wildman–Crippen MR) is 187 cm³/mol. The molecule has 9 nitrogen and oxygen atoms in total. The molecule has 236 valence electrons. The number of halogens is 5. The molecule has 0 unspecified atom stereocenters. The van der Waals surface area contributed by atoms with Crippen LogP contribution in [0.15, 0.2) is 74.7 Å². The molecule has 4 aromatic carbocycles. The maximum Gasteiger partial charge on any atom is 0.343 e. The van der Waals surface area contributed by atoms with Crippen LogP contribution in [0.25, 0.3) is 22.0 Å². The molecule has 0 atom stereocenters. The van der Waals surface area contributed by atoms with Crippen molar-refractivity contribution in [1.82, 2.24) is 10.4 Å². The van der Waals surface area contributed by atoms with E-state index in [0.29, 0.717) is 57.4 Å². The summed E-state index contributed by atoms with van der Waals surface area (Å²) in [6.07, 6.45) is 1.34. The van der Waals surface area contributed by atoms with Crippen molar-refractivity contribution in [1.29, 1.82) is 0 Å². The minimum atomic E-state index is -0.709. The molecule has 0 aliphatic carbocycles. The number of methoxy groups -OCH3 is 3. The van der Waals surface area contributed by atoms with E-state index in [0.717, 1.165) is 0 Å². The first-order chi connectivity index (χ1) is 22.1. The average molecular weight is 811 g/mol. The number of carbonyl (C=O) groups excluding carboxylic acids is 2. The van der Waals surface area contributed by atoms with Crippen molar-refractivity contribution in [3.05, 3.63) is 101 Å².